The van der Waals surface area contributed by atoms with Crippen molar-refractivity contribution in [2.24, 2.45) is 0 Å². The molecule has 0 aliphatic rings. The summed E-state index contributed by atoms with van der Waals surface area (Å²) in [6, 6.07) is 24.6. The van der Waals surface area contributed by atoms with Crippen molar-refractivity contribution >= 4 is 35.0 Å². The maximum atomic E-state index is 13.5. The highest BCUT2D eigenvalue weighted by atomic mass is 35.5. The Balaban J connectivity index is 1.66. The van der Waals surface area contributed by atoms with Gasteiger partial charge < -0.3 is 14.6 Å². The van der Waals surface area contributed by atoms with Crippen LogP contribution in [0.25, 0.3) is 11.4 Å². The lowest BCUT2D eigenvalue weighted by Crippen LogP contribution is -2.20. The molecule has 34 heavy (non-hydrogen) atoms. The summed E-state index contributed by atoms with van der Waals surface area (Å²) in [6.45, 7) is 5.11. The summed E-state index contributed by atoms with van der Waals surface area (Å²) in [6.07, 6.45) is 0. The van der Waals surface area contributed by atoms with E-state index in [-0.39, 0.29) is 5.91 Å². The second-order valence-electron chi connectivity index (χ2n) is 7.38. The maximum absolute atomic E-state index is 13.5. The molecule has 0 saturated heterocycles. The molecule has 0 bridgehead atoms. The van der Waals surface area contributed by atoms with E-state index in [0.717, 1.165) is 17.0 Å². The van der Waals surface area contributed by atoms with Crippen LogP contribution < -0.4 is 10.1 Å². The van der Waals surface area contributed by atoms with E-state index < -0.39 is 5.25 Å². The van der Waals surface area contributed by atoms with Crippen molar-refractivity contribution in [1.82, 2.24) is 14.8 Å². The number of carbonyl (C=O) groups excluding carboxylic acids is 1. The van der Waals surface area contributed by atoms with Crippen LogP contribution in [0.3, 0.4) is 0 Å². The van der Waals surface area contributed by atoms with Gasteiger partial charge in [-0.1, -0.05) is 65.8 Å². The third kappa shape index (κ3) is 5.43. The molecule has 1 unspecified atom stereocenters. The highest BCUT2D eigenvalue weighted by Gasteiger charge is 2.26. The van der Waals surface area contributed by atoms with Crippen LogP contribution >= 0.6 is 23.4 Å². The summed E-state index contributed by atoms with van der Waals surface area (Å²) >= 11 is 7.42. The number of para-hydroxylation sites is 2. The predicted molar refractivity (Wildman–Crippen MR) is 137 cm³/mol. The summed E-state index contributed by atoms with van der Waals surface area (Å²) in [5.41, 5.74) is 2.42. The van der Waals surface area contributed by atoms with Crippen molar-refractivity contribution in [2.45, 2.75) is 30.8 Å². The van der Waals surface area contributed by atoms with Gasteiger partial charge in [0, 0.05) is 17.1 Å². The van der Waals surface area contributed by atoms with E-state index in [2.05, 4.69) is 15.5 Å². The molecule has 0 aliphatic heterocycles. The summed E-state index contributed by atoms with van der Waals surface area (Å²) < 4.78 is 7.69. The van der Waals surface area contributed by atoms with E-state index in [9.17, 15) is 4.79 Å². The lowest BCUT2D eigenvalue weighted by molar-refractivity contribution is -0.115. The van der Waals surface area contributed by atoms with E-state index in [0.29, 0.717) is 34.8 Å². The molecule has 1 amide bonds. The number of nitrogens with zero attached hydrogens (tertiary/aromatic N) is 3. The first-order chi connectivity index (χ1) is 16.6. The Bertz CT molecular complexity index is 1250. The number of hydrogen-bond acceptors (Lipinski definition) is 5. The lowest BCUT2D eigenvalue weighted by Gasteiger charge is -2.18. The first kappa shape index (κ1) is 23.9. The van der Waals surface area contributed by atoms with Crippen molar-refractivity contribution < 1.29 is 9.53 Å². The molecule has 0 saturated carbocycles. The van der Waals surface area contributed by atoms with Crippen LogP contribution in [0.1, 0.15) is 24.7 Å². The highest BCUT2D eigenvalue weighted by molar-refractivity contribution is 8.00. The maximum Gasteiger partial charge on any atom is 0.242 e. The van der Waals surface area contributed by atoms with Gasteiger partial charge in [-0.3, -0.25) is 4.79 Å². The van der Waals surface area contributed by atoms with Crippen LogP contribution in [0.2, 0.25) is 5.02 Å². The normalized spacial score (nSPS) is 11.7. The van der Waals surface area contributed by atoms with Gasteiger partial charge in [0.2, 0.25) is 5.91 Å². The Labute approximate surface area is 208 Å². The van der Waals surface area contributed by atoms with Gasteiger partial charge in [0.15, 0.2) is 11.0 Å². The van der Waals surface area contributed by atoms with Crippen LogP contribution in [0.5, 0.6) is 5.75 Å². The minimum atomic E-state index is -0.538. The number of amides is 1. The van der Waals surface area contributed by atoms with E-state index in [1.165, 1.54) is 11.8 Å². The molecule has 3 aromatic carbocycles. The molecule has 1 atom stereocenters. The largest absolute Gasteiger partial charge is 0.492 e. The number of anilines is 1. The zero-order valence-corrected chi connectivity index (χ0v) is 20.5. The third-order valence-corrected chi connectivity index (χ3v) is 6.63. The molecule has 1 aromatic heterocycles. The smallest absolute Gasteiger partial charge is 0.242 e. The van der Waals surface area contributed by atoms with Crippen LogP contribution in [-0.4, -0.2) is 27.3 Å². The van der Waals surface area contributed by atoms with Crippen molar-refractivity contribution in [1.29, 1.82) is 0 Å². The van der Waals surface area contributed by atoms with Crippen LogP contribution in [0, 0.1) is 0 Å². The first-order valence-corrected chi connectivity index (χ1v) is 12.3. The van der Waals surface area contributed by atoms with Crippen molar-refractivity contribution in [3.05, 3.63) is 89.4 Å². The number of thioether (sulfide) groups is 1. The number of carbonyl (C=O) groups is 1. The molecule has 0 spiro atoms. The number of ether oxygens (including phenoxy) is 1. The molecule has 0 radical (unpaired) electrons. The van der Waals surface area contributed by atoms with E-state index >= 15 is 0 Å². The summed E-state index contributed by atoms with van der Waals surface area (Å²) in [5, 5.41) is 12.7. The number of halogens is 1. The molecule has 0 fully saturated rings. The molecular formula is C26H25ClN4O2S. The minimum absolute atomic E-state index is 0.165. The zero-order valence-electron chi connectivity index (χ0n) is 18.9. The standard InChI is InChI=1S/C26H25ClN4O2S/c1-3-31-24(19-14-16-20(27)17-15-19)29-30-26(31)34-23(18-10-6-5-7-11-18)25(32)28-21-12-8-9-13-22(21)33-4-2/h5-17,23H,3-4H2,1-2H3,(H,28,32). The first-order valence-electron chi connectivity index (χ1n) is 11.0. The molecule has 4 rings (SSSR count). The Morgan fingerprint density at radius 2 is 1.71 bits per heavy atom. The van der Waals surface area contributed by atoms with Gasteiger partial charge in [-0.25, -0.2) is 0 Å². The number of aromatic nitrogens is 3. The molecule has 6 nitrogen and oxygen atoms in total. The highest BCUT2D eigenvalue weighted by Crippen LogP contribution is 2.37. The number of benzene rings is 3. The second-order valence-corrected chi connectivity index (χ2v) is 8.89. The van der Waals surface area contributed by atoms with Gasteiger partial charge in [-0.05, 0) is 55.8 Å². The van der Waals surface area contributed by atoms with E-state index in [4.69, 9.17) is 16.3 Å². The quantitative estimate of drug-likeness (QED) is 0.270. The molecule has 1 N–H and O–H groups in total. The van der Waals surface area contributed by atoms with Crippen LogP contribution in [-0.2, 0) is 11.3 Å². The lowest BCUT2D eigenvalue weighted by atomic mass is 10.1. The summed E-state index contributed by atoms with van der Waals surface area (Å²) in [4.78, 5) is 13.5. The Kier molecular flexibility index (Phi) is 7.87. The number of hydrogen-bond donors (Lipinski definition) is 1. The molecule has 1 heterocycles. The topological polar surface area (TPSA) is 69.0 Å². The van der Waals surface area contributed by atoms with E-state index in [1.54, 1.807) is 0 Å². The fourth-order valence-corrected chi connectivity index (χ4v) is 4.76. The van der Waals surface area contributed by atoms with Crippen LogP contribution in [0.4, 0.5) is 5.69 Å². The van der Waals surface area contributed by atoms with Gasteiger partial charge in [0.1, 0.15) is 11.0 Å². The summed E-state index contributed by atoms with van der Waals surface area (Å²) in [5.74, 6) is 1.20. The fourth-order valence-electron chi connectivity index (χ4n) is 3.53. The molecule has 0 aliphatic carbocycles. The molecular weight excluding hydrogens is 468 g/mol. The monoisotopic (exact) mass is 492 g/mol. The van der Waals surface area contributed by atoms with Crippen molar-refractivity contribution in [2.75, 3.05) is 11.9 Å². The Morgan fingerprint density at radius 3 is 2.41 bits per heavy atom. The Morgan fingerprint density at radius 1 is 1.00 bits per heavy atom. The SMILES string of the molecule is CCOc1ccccc1NC(=O)C(Sc1nnc(-c2ccc(Cl)cc2)n1CC)c1ccccc1. The third-order valence-electron chi connectivity index (χ3n) is 5.14. The van der Waals surface area contributed by atoms with Gasteiger partial charge in [0.05, 0.1) is 12.3 Å². The average molecular weight is 493 g/mol. The molecule has 4 aromatic rings. The van der Waals surface area contributed by atoms with Gasteiger partial charge >= 0.3 is 0 Å². The zero-order chi connectivity index (χ0) is 23.9. The number of nitrogens with one attached hydrogen (secondary N) is 1. The number of rotatable bonds is 9. The molecule has 8 heteroatoms. The second kappa shape index (κ2) is 11.2. The van der Waals surface area contributed by atoms with Gasteiger partial charge in [-0.15, -0.1) is 10.2 Å². The van der Waals surface area contributed by atoms with E-state index in [1.807, 2.05) is 97.3 Å². The van der Waals surface area contributed by atoms with Crippen molar-refractivity contribution in [3.8, 4) is 17.1 Å². The van der Waals surface area contributed by atoms with Gasteiger partial charge in [-0.2, -0.15) is 0 Å². The summed E-state index contributed by atoms with van der Waals surface area (Å²) in [7, 11) is 0. The molecule has 174 valence electrons. The minimum Gasteiger partial charge on any atom is -0.492 e. The predicted octanol–water partition coefficient (Wildman–Crippen LogP) is 6.49. The van der Waals surface area contributed by atoms with Gasteiger partial charge in [0.25, 0.3) is 0 Å². The Hall–Kier alpha value is -3.29. The van der Waals surface area contributed by atoms with Crippen LogP contribution in [0.15, 0.2) is 84.0 Å². The van der Waals surface area contributed by atoms with Crippen molar-refractivity contribution in [3.63, 3.8) is 0 Å². The fraction of sp³-hybridized carbons (Fsp3) is 0.192. The average Bonchev–Trinajstić information content (AvgIpc) is 3.27.